The lowest BCUT2D eigenvalue weighted by molar-refractivity contribution is -0.141. The van der Waals surface area contributed by atoms with E-state index < -0.39 is 0 Å². The van der Waals surface area contributed by atoms with Gasteiger partial charge < -0.3 is 15.0 Å². The fourth-order valence-corrected chi connectivity index (χ4v) is 3.52. The molecule has 0 aromatic carbocycles. The summed E-state index contributed by atoms with van der Waals surface area (Å²) in [6, 6.07) is 5.99. The summed E-state index contributed by atoms with van der Waals surface area (Å²) < 4.78 is 6.27. The lowest BCUT2D eigenvalue weighted by Crippen LogP contribution is -2.23. The molecule has 146 valence electrons. The van der Waals surface area contributed by atoms with E-state index in [1.54, 1.807) is 10.9 Å². The molecule has 1 aliphatic rings. The highest BCUT2D eigenvalue weighted by molar-refractivity contribution is 5.87. The molecular weight excluding hydrogens is 358 g/mol. The number of pyridine rings is 1. The minimum absolute atomic E-state index is 0.0342. The van der Waals surface area contributed by atoms with Gasteiger partial charge in [-0.1, -0.05) is 6.07 Å². The van der Waals surface area contributed by atoms with Gasteiger partial charge in [0, 0.05) is 25.3 Å². The van der Waals surface area contributed by atoms with E-state index in [9.17, 15) is 4.79 Å². The highest BCUT2D eigenvalue weighted by Gasteiger charge is 2.26. The highest BCUT2D eigenvalue weighted by atomic mass is 16.5. The third kappa shape index (κ3) is 3.73. The fourth-order valence-electron chi connectivity index (χ4n) is 3.52. The summed E-state index contributed by atoms with van der Waals surface area (Å²) in [5, 5.41) is 8.56. The average Bonchev–Trinajstić information content (AvgIpc) is 3.34. The van der Waals surface area contributed by atoms with Crippen molar-refractivity contribution < 1.29 is 9.53 Å². The van der Waals surface area contributed by atoms with Crippen molar-refractivity contribution in [1.29, 1.82) is 0 Å². The van der Waals surface area contributed by atoms with Crippen molar-refractivity contribution >= 4 is 28.6 Å². The van der Waals surface area contributed by atoms with Crippen molar-refractivity contribution in [2.75, 3.05) is 37.0 Å². The van der Waals surface area contributed by atoms with Crippen molar-refractivity contribution in [3.63, 3.8) is 0 Å². The molecule has 0 spiro atoms. The van der Waals surface area contributed by atoms with Crippen LogP contribution in [0.2, 0.25) is 0 Å². The molecule has 0 aliphatic carbocycles. The van der Waals surface area contributed by atoms with Gasteiger partial charge in [0.05, 0.1) is 18.7 Å². The number of hydrogen-bond donors (Lipinski definition) is 1. The van der Waals surface area contributed by atoms with Gasteiger partial charge in [0.2, 0.25) is 0 Å². The Labute approximate surface area is 162 Å². The number of anilines is 2. The van der Waals surface area contributed by atoms with Crippen LogP contribution in [0.3, 0.4) is 0 Å². The van der Waals surface area contributed by atoms with Crippen molar-refractivity contribution in [3.8, 4) is 0 Å². The Balaban J connectivity index is 1.45. The van der Waals surface area contributed by atoms with Crippen LogP contribution in [0.25, 0.3) is 11.0 Å². The van der Waals surface area contributed by atoms with Gasteiger partial charge in [-0.25, -0.2) is 19.6 Å². The molecule has 1 aliphatic heterocycles. The number of nitrogens with one attached hydrogen (secondary N) is 1. The summed E-state index contributed by atoms with van der Waals surface area (Å²) in [5.74, 6) is 1.91. The molecule has 1 N–H and O–H groups in total. The molecule has 0 bridgehead atoms. The van der Waals surface area contributed by atoms with Gasteiger partial charge >= 0.3 is 5.97 Å². The van der Waals surface area contributed by atoms with Crippen LogP contribution in [0, 0.1) is 12.8 Å². The van der Waals surface area contributed by atoms with E-state index >= 15 is 0 Å². The molecule has 0 saturated carbocycles. The summed E-state index contributed by atoms with van der Waals surface area (Å²) >= 11 is 0. The maximum atomic E-state index is 11.6. The molecule has 0 radical (unpaired) electrons. The summed E-state index contributed by atoms with van der Waals surface area (Å²) in [5.41, 5.74) is 1.64. The molecule has 28 heavy (non-hydrogen) atoms. The molecule has 3 aromatic rings. The average molecular weight is 381 g/mol. The molecule has 3 aromatic heterocycles. The number of fused-ring (bicyclic) bond motifs is 1. The Morgan fingerprint density at radius 2 is 2.25 bits per heavy atom. The molecule has 4 rings (SSSR count). The zero-order valence-electron chi connectivity index (χ0n) is 16.0. The molecule has 1 unspecified atom stereocenters. The molecule has 1 fully saturated rings. The van der Waals surface area contributed by atoms with E-state index in [1.165, 1.54) is 13.4 Å². The first-order valence-electron chi connectivity index (χ1n) is 9.30. The number of aromatic nitrogens is 5. The van der Waals surface area contributed by atoms with Crippen molar-refractivity contribution in [2.45, 2.75) is 19.9 Å². The van der Waals surface area contributed by atoms with Gasteiger partial charge in [0.15, 0.2) is 5.65 Å². The Morgan fingerprint density at radius 3 is 3.07 bits per heavy atom. The van der Waals surface area contributed by atoms with Gasteiger partial charge in [-0.05, 0) is 31.4 Å². The van der Waals surface area contributed by atoms with Gasteiger partial charge in [0.25, 0.3) is 0 Å². The fraction of sp³-hybridized carbons (Fsp3) is 0.421. The Bertz CT molecular complexity index is 987. The standard InChI is InChI=1S/C19H23N7O2/c1-13-4-3-5-16(24-13)20-8-14-6-7-25(10-14)18-15-9-23-26(11-17(27)28-2)19(15)22-12-21-18/h3-5,9,12,14H,6-8,10-11H2,1-2H3,(H,20,24). The summed E-state index contributed by atoms with van der Waals surface area (Å²) in [4.78, 5) is 27.1. The van der Waals surface area contributed by atoms with Gasteiger partial charge in [0.1, 0.15) is 24.5 Å². The lowest BCUT2D eigenvalue weighted by Gasteiger charge is -2.18. The van der Waals surface area contributed by atoms with E-state index in [0.717, 1.165) is 48.8 Å². The first kappa shape index (κ1) is 18.1. The zero-order valence-corrected chi connectivity index (χ0v) is 16.0. The van der Waals surface area contributed by atoms with Crippen LogP contribution in [0.15, 0.2) is 30.7 Å². The largest absolute Gasteiger partial charge is 0.468 e. The predicted molar refractivity (Wildman–Crippen MR) is 105 cm³/mol. The Kier molecular flexibility index (Phi) is 5.05. The smallest absolute Gasteiger partial charge is 0.327 e. The molecule has 9 heteroatoms. The third-order valence-corrected chi connectivity index (χ3v) is 4.96. The number of aryl methyl sites for hydroxylation is 1. The molecule has 9 nitrogen and oxygen atoms in total. The van der Waals surface area contributed by atoms with Crippen molar-refractivity contribution in [1.82, 2.24) is 24.7 Å². The third-order valence-electron chi connectivity index (χ3n) is 4.96. The van der Waals surface area contributed by atoms with Gasteiger partial charge in [-0.3, -0.25) is 4.79 Å². The zero-order chi connectivity index (χ0) is 19.5. The quantitative estimate of drug-likeness (QED) is 0.644. The first-order valence-corrected chi connectivity index (χ1v) is 9.30. The molecule has 0 amide bonds. The van der Waals surface area contributed by atoms with Crippen molar-refractivity contribution in [3.05, 3.63) is 36.4 Å². The lowest BCUT2D eigenvalue weighted by atomic mass is 10.1. The number of esters is 1. The monoisotopic (exact) mass is 381 g/mol. The van der Waals surface area contributed by atoms with E-state index in [4.69, 9.17) is 4.74 Å². The highest BCUT2D eigenvalue weighted by Crippen LogP contribution is 2.28. The van der Waals surface area contributed by atoms with Crippen LogP contribution in [-0.2, 0) is 16.1 Å². The van der Waals surface area contributed by atoms with E-state index in [0.29, 0.717) is 11.6 Å². The van der Waals surface area contributed by atoms with E-state index in [-0.39, 0.29) is 12.5 Å². The molecule has 1 saturated heterocycles. The number of rotatable bonds is 6. The van der Waals surface area contributed by atoms with Crippen LogP contribution < -0.4 is 10.2 Å². The maximum absolute atomic E-state index is 11.6. The number of hydrogen-bond acceptors (Lipinski definition) is 8. The van der Waals surface area contributed by atoms with E-state index in [2.05, 4.69) is 30.3 Å². The van der Waals surface area contributed by atoms with Crippen LogP contribution in [0.5, 0.6) is 0 Å². The first-order chi connectivity index (χ1) is 13.6. The molecular formula is C19H23N7O2. The number of carbonyl (C=O) groups excluding carboxylic acids is 1. The second kappa shape index (κ2) is 7.79. The van der Waals surface area contributed by atoms with Crippen molar-refractivity contribution in [2.24, 2.45) is 5.92 Å². The second-order valence-corrected chi connectivity index (χ2v) is 6.96. The van der Waals surface area contributed by atoms with Crippen LogP contribution >= 0.6 is 0 Å². The summed E-state index contributed by atoms with van der Waals surface area (Å²) in [6.07, 6.45) is 4.31. The second-order valence-electron chi connectivity index (χ2n) is 6.96. The number of carbonyl (C=O) groups is 1. The topological polar surface area (TPSA) is 98.1 Å². The predicted octanol–water partition coefficient (Wildman–Crippen LogP) is 1.64. The molecule has 1 atom stereocenters. The van der Waals surface area contributed by atoms with Crippen LogP contribution in [0.1, 0.15) is 12.1 Å². The number of ether oxygens (including phenoxy) is 1. The maximum Gasteiger partial charge on any atom is 0.327 e. The van der Waals surface area contributed by atoms with Crippen LogP contribution in [-0.4, -0.2) is 57.4 Å². The SMILES string of the molecule is COC(=O)Cn1ncc2c(N3CCC(CNc4cccc(C)n4)C3)ncnc21. The molecule has 4 heterocycles. The summed E-state index contributed by atoms with van der Waals surface area (Å²) in [7, 11) is 1.36. The van der Waals surface area contributed by atoms with Gasteiger partial charge in [-0.2, -0.15) is 5.10 Å². The minimum Gasteiger partial charge on any atom is -0.468 e. The van der Waals surface area contributed by atoms with Gasteiger partial charge in [-0.15, -0.1) is 0 Å². The van der Waals surface area contributed by atoms with Crippen LogP contribution in [0.4, 0.5) is 11.6 Å². The summed E-state index contributed by atoms with van der Waals surface area (Å²) in [6.45, 7) is 4.70. The number of methoxy groups -OCH3 is 1. The Hall–Kier alpha value is -3.23. The Morgan fingerprint density at radius 1 is 1.36 bits per heavy atom. The normalized spacial score (nSPS) is 16.5. The van der Waals surface area contributed by atoms with E-state index in [1.807, 2.05) is 25.1 Å². The number of nitrogens with zero attached hydrogens (tertiary/aromatic N) is 6. The minimum atomic E-state index is -0.359.